The molecule has 2 aromatic heterocycles. The van der Waals surface area contributed by atoms with Gasteiger partial charge in [-0.2, -0.15) is 5.10 Å². The lowest BCUT2D eigenvalue weighted by molar-refractivity contribution is 0.208. The van der Waals surface area contributed by atoms with E-state index in [9.17, 15) is 9.18 Å². The van der Waals surface area contributed by atoms with E-state index in [-0.39, 0.29) is 23.7 Å². The van der Waals surface area contributed by atoms with Crippen LogP contribution in [0.15, 0.2) is 55.0 Å². The Morgan fingerprint density at radius 2 is 2.03 bits per heavy atom. The minimum absolute atomic E-state index is 0.0608. The van der Waals surface area contributed by atoms with Crippen LogP contribution in [0.2, 0.25) is 5.02 Å². The Hall–Kier alpha value is -3.72. The monoisotopic (exact) mass is 454 g/mol. The molecule has 0 fully saturated rings. The Balaban J connectivity index is 1.55. The van der Waals surface area contributed by atoms with Gasteiger partial charge < -0.3 is 15.0 Å². The lowest BCUT2D eigenvalue weighted by Gasteiger charge is -2.26. The predicted molar refractivity (Wildman–Crippen MR) is 119 cm³/mol. The maximum atomic E-state index is 13.4. The van der Waals surface area contributed by atoms with Crippen molar-refractivity contribution >= 4 is 34.1 Å². The molecule has 4 rings (SSSR count). The number of hydrogen-bond donors (Lipinski definition) is 2. The van der Waals surface area contributed by atoms with E-state index >= 15 is 0 Å². The summed E-state index contributed by atoms with van der Waals surface area (Å²) in [5.41, 5.74) is 1.25. The van der Waals surface area contributed by atoms with Gasteiger partial charge in [-0.15, -0.1) is 0 Å². The molecule has 4 aromatic rings. The molecule has 8 nitrogen and oxygen atoms in total. The summed E-state index contributed by atoms with van der Waals surface area (Å²) >= 11 is 5.80. The van der Waals surface area contributed by atoms with Gasteiger partial charge in [0.05, 0.1) is 11.1 Å². The maximum absolute atomic E-state index is 13.4. The van der Waals surface area contributed by atoms with Crippen LogP contribution in [0.1, 0.15) is 24.4 Å². The summed E-state index contributed by atoms with van der Waals surface area (Å²) in [5.74, 6) is 0.425. The normalized spacial score (nSPS) is 11.9. The highest BCUT2D eigenvalue weighted by Gasteiger charge is 2.21. The zero-order chi connectivity index (χ0) is 22.7. The smallest absolute Gasteiger partial charge is 0.322 e. The molecule has 32 heavy (non-hydrogen) atoms. The van der Waals surface area contributed by atoms with E-state index in [2.05, 4.69) is 25.5 Å². The molecule has 0 spiro atoms. The summed E-state index contributed by atoms with van der Waals surface area (Å²) < 4.78 is 19.2. The van der Waals surface area contributed by atoms with E-state index in [1.54, 1.807) is 13.2 Å². The molecular formula is C22H20ClFN6O2. The van der Waals surface area contributed by atoms with Gasteiger partial charge in [-0.25, -0.2) is 19.2 Å². The van der Waals surface area contributed by atoms with Crippen LogP contribution in [-0.4, -0.2) is 38.1 Å². The molecule has 1 atom stereocenters. The van der Waals surface area contributed by atoms with Crippen molar-refractivity contribution in [1.29, 1.82) is 0 Å². The molecule has 0 aliphatic rings. The second-order valence-corrected chi connectivity index (χ2v) is 7.52. The molecule has 2 N–H and O–H groups in total. The first kappa shape index (κ1) is 21.5. The van der Waals surface area contributed by atoms with Crippen LogP contribution in [0.4, 0.5) is 14.9 Å². The summed E-state index contributed by atoms with van der Waals surface area (Å²) in [5, 5.41) is 11.0. The molecule has 0 aliphatic carbocycles. The molecule has 164 valence electrons. The third-order valence-corrected chi connectivity index (χ3v) is 5.40. The van der Waals surface area contributed by atoms with Crippen molar-refractivity contribution in [3.63, 3.8) is 0 Å². The number of fused-ring (bicyclic) bond motifs is 1. The summed E-state index contributed by atoms with van der Waals surface area (Å²) in [4.78, 5) is 22.8. The third kappa shape index (κ3) is 4.47. The van der Waals surface area contributed by atoms with Crippen LogP contribution in [-0.2, 0) is 6.61 Å². The average molecular weight is 455 g/mol. The van der Waals surface area contributed by atoms with Crippen molar-refractivity contribution < 1.29 is 13.9 Å². The number of amides is 2. The van der Waals surface area contributed by atoms with Gasteiger partial charge in [0.25, 0.3) is 0 Å². The Morgan fingerprint density at radius 1 is 1.25 bits per heavy atom. The fraction of sp³-hybridized carbons (Fsp3) is 0.182. The van der Waals surface area contributed by atoms with Crippen LogP contribution in [0.5, 0.6) is 5.88 Å². The molecule has 0 aliphatic heterocycles. The molecule has 0 unspecified atom stereocenters. The predicted octanol–water partition coefficient (Wildman–Crippen LogP) is 4.95. The summed E-state index contributed by atoms with van der Waals surface area (Å²) in [7, 11) is 1.67. The molecule has 2 heterocycles. The Bertz CT molecular complexity index is 1250. The first-order chi connectivity index (χ1) is 15.4. The van der Waals surface area contributed by atoms with Crippen LogP contribution in [0, 0.1) is 5.82 Å². The number of urea groups is 1. The summed E-state index contributed by atoms with van der Waals surface area (Å²) in [6, 6.07) is 11.0. The Labute approximate surface area is 188 Å². The molecular weight excluding hydrogens is 435 g/mol. The average Bonchev–Trinajstić information content (AvgIpc) is 3.32. The van der Waals surface area contributed by atoms with Crippen molar-refractivity contribution in [2.75, 3.05) is 12.4 Å². The number of rotatable bonds is 6. The molecule has 0 bridgehead atoms. The Kier molecular flexibility index (Phi) is 6.18. The van der Waals surface area contributed by atoms with Gasteiger partial charge in [-0.3, -0.25) is 5.10 Å². The van der Waals surface area contributed by atoms with Gasteiger partial charge >= 0.3 is 6.03 Å². The topological polar surface area (TPSA) is 96.0 Å². The molecule has 10 heteroatoms. The van der Waals surface area contributed by atoms with Crippen molar-refractivity contribution in [1.82, 2.24) is 25.1 Å². The zero-order valence-electron chi connectivity index (χ0n) is 17.3. The van der Waals surface area contributed by atoms with Gasteiger partial charge in [0.15, 0.2) is 12.4 Å². The fourth-order valence-electron chi connectivity index (χ4n) is 3.24. The highest BCUT2D eigenvalue weighted by Crippen LogP contribution is 2.32. The summed E-state index contributed by atoms with van der Waals surface area (Å²) in [6.07, 6.45) is 3.18. The second-order valence-electron chi connectivity index (χ2n) is 7.11. The lowest BCUT2D eigenvalue weighted by Crippen LogP contribution is -2.33. The first-order valence-electron chi connectivity index (χ1n) is 9.78. The zero-order valence-corrected chi connectivity index (χ0v) is 18.1. The van der Waals surface area contributed by atoms with Gasteiger partial charge in [0.1, 0.15) is 12.1 Å². The minimum atomic E-state index is -0.547. The molecule has 0 radical (unpaired) electrons. The first-order valence-corrected chi connectivity index (χ1v) is 10.2. The number of carbonyl (C=O) groups is 1. The van der Waals surface area contributed by atoms with Crippen LogP contribution in [0.25, 0.3) is 10.8 Å². The molecule has 0 saturated carbocycles. The van der Waals surface area contributed by atoms with Crippen molar-refractivity contribution in [2.24, 2.45) is 0 Å². The van der Waals surface area contributed by atoms with Crippen LogP contribution >= 0.6 is 11.6 Å². The quantitative estimate of drug-likeness (QED) is 0.429. The van der Waals surface area contributed by atoms with Crippen molar-refractivity contribution in [2.45, 2.75) is 19.6 Å². The number of ether oxygens (including phenoxy) is 1. The van der Waals surface area contributed by atoms with Gasteiger partial charge in [-0.1, -0.05) is 29.8 Å². The number of aromatic nitrogens is 4. The highest BCUT2D eigenvalue weighted by molar-refractivity contribution is 6.31. The number of halogens is 2. The van der Waals surface area contributed by atoms with E-state index in [0.29, 0.717) is 17.4 Å². The highest BCUT2D eigenvalue weighted by atomic mass is 35.5. The van der Waals surface area contributed by atoms with E-state index in [4.69, 9.17) is 16.3 Å². The number of anilines is 1. The Morgan fingerprint density at radius 3 is 2.75 bits per heavy atom. The third-order valence-electron chi connectivity index (χ3n) is 5.11. The van der Waals surface area contributed by atoms with Gasteiger partial charge in [0.2, 0.25) is 5.88 Å². The number of pyridine rings is 1. The standard InChI is InChI=1S/C22H20ClFN6O2/c1-13(30(2)22(31)28-14-7-8-19(24)18(23)9-14)17-10-25-21(16-6-4-3-5-15(16)17)32-11-20-26-12-27-29-20/h3-10,12-13H,11H2,1-2H3,(H,28,31)(H,26,27,29)/t13-/m1/s1. The van der Waals surface area contributed by atoms with Crippen molar-refractivity contribution in [3.05, 3.63) is 77.2 Å². The SMILES string of the molecule is C[C@H](c1cnc(OCc2nc[nH]n2)c2ccccc12)N(C)C(=O)Nc1ccc(F)c(Cl)c1. The summed E-state index contributed by atoms with van der Waals surface area (Å²) in [6.45, 7) is 2.08. The number of hydrogen-bond acceptors (Lipinski definition) is 5. The van der Waals surface area contributed by atoms with Gasteiger partial charge in [-0.05, 0) is 36.6 Å². The van der Waals surface area contributed by atoms with Crippen LogP contribution < -0.4 is 10.1 Å². The number of carbonyl (C=O) groups excluding carboxylic acids is 1. The molecule has 2 aromatic carbocycles. The lowest BCUT2D eigenvalue weighted by atomic mass is 10.0. The number of nitrogens with one attached hydrogen (secondary N) is 2. The number of benzene rings is 2. The molecule has 2 amide bonds. The van der Waals surface area contributed by atoms with Crippen molar-refractivity contribution in [3.8, 4) is 5.88 Å². The molecule has 0 saturated heterocycles. The number of H-pyrrole nitrogens is 1. The van der Waals surface area contributed by atoms with Gasteiger partial charge in [0, 0.05) is 29.9 Å². The largest absolute Gasteiger partial charge is 0.469 e. The van der Waals surface area contributed by atoms with E-state index in [1.165, 1.54) is 29.4 Å². The fourth-order valence-corrected chi connectivity index (χ4v) is 3.43. The second kappa shape index (κ2) is 9.19. The van der Waals surface area contributed by atoms with Crippen LogP contribution in [0.3, 0.4) is 0 Å². The maximum Gasteiger partial charge on any atom is 0.322 e. The van der Waals surface area contributed by atoms with E-state index in [1.807, 2.05) is 31.2 Å². The van der Waals surface area contributed by atoms with E-state index < -0.39 is 5.82 Å². The number of aromatic amines is 1. The minimum Gasteiger partial charge on any atom is -0.469 e. The van der Waals surface area contributed by atoms with E-state index in [0.717, 1.165) is 16.3 Å². The number of nitrogens with zero attached hydrogens (tertiary/aromatic N) is 4.